The van der Waals surface area contributed by atoms with E-state index in [-0.39, 0.29) is 35.3 Å². The van der Waals surface area contributed by atoms with Gasteiger partial charge < -0.3 is 35.7 Å². The Hall–Kier alpha value is -2.97. The molecule has 0 amide bonds. The molecule has 0 aromatic heterocycles. The maximum absolute atomic E-state index is 10.4. The van der Waals surface area contributed by atoms with E-state index in [0.717, 1.165) is 0 Å². The number of benzene rings is 1. The number of hydrogen-bond donors (Lipinski definition) is 7. The number of rotatable bonds is 5. The molecule has 1 aromatic carbocycles. The van der Waals surface area contributed by atoms with Crippen molar-refractivity contribution in [3.05, 3.63) is 34.4 Å². The molecule has 0 saturated carbocycles. The standard InChI is InChI=1S/C15H20BNO7/c1-3-6-8(12(21)15(24)14(23)11(6)20)10(17-4-2)13(22)9(16)7(19)5-18/h5,18-24H,3-4,16H2,1-2H3/b7-5-,13-9-,17-10+. The minimum Gasteiger partial charge on any atom is -0.512 e. The molecule has 0 spiro atoms. The van der Waals surface area contributed by atoms with Crippen molar-refractivity contribution in [1.29, 1.82) is 0 Å². The summed E-state index contributed by atoms with van der Waals surface area (Å²) in [6.07, 6.45) is 0.515. The van der Waals surface area contributed by atoms with Crippen molar-refractivity contribution in [3.8, 4) is 23.0 Å². The van der Waals surface area contributed by atoms with Gasteiger partial charge in [-0.1, -0.05) is 6.92 Å². The number of allylic oxidation sites excluding steroid dienone is 2. The lowest BCUT2D eigenvalue weighted by atomic mass is 9.87. The van der Waals surface area contributed by atoms with Crippen LogP contribution in [0.1, 0.15) is 25.0 Å². The van der Waals surface area contributed by atoms with Crippen LogP contribution in [0.3, 0.4) is 0 Å². The van der Waals surface area contributed by atoms with Crippen LogP contribution < -0.4 is 0 Å². The van der Waals surface area contributed by atoms with Gasteiger partial charge in [-0.15, -0.1) is 0 Å². The molecule has 0 unspecified atom stereocenters. The highest BCUT2D eigenvalue weighted by Crippen LogP contribution is 2.48. The van der Waals surface area contributed by atoms with Gasteiger partial charge in [0, 0.05) is 12.1 Å². The molecule has 0 atom stereocenters. The number of hydrogen-bond acceptors (Lipinski definition) is 8. The lowest BCUT2D eigenvalue weighted by molar-refractivity contribution is 0.342. The first-order chi connectivity index (χ1) is 11.2. The van der Waals surface area contributed by atoms with Crippen molar-refractivity contribution in [2.45, 2.75) is 20.3 Å². The Bertz CT molecular complexity index is 738. The Kier molecular flexibility index (Phi) is 5.99. The van der Waals surface area contributed by atoms with Crippen molar-refractivity contribution in [1.82, 2.24) is 0 Å². The average Bonchev–Trinajstić information content (AvgIpc) is 2.59. The van der Waals surface area contributed by atoms with E-state index in [1.54, 1.807) is 13.8 Å². The molecule has 1 aromatic rings. The molecule has 0 heterocycles. The number of aromatic hydroxyl groups is 4. The van der Waals surface area contributed by atoms with E-state index in [0.29, 0.717) is 6.26 Å². The largest absolute Gasteiger partial charge is 0.512 e. The molecule has 0 saturated heterocycles. The van der Waals surface area contributed by atoms with Gasteiger partial charge in [-0.05, 0) is 18.8 Å². The first kappa shape index (κ1) is 19.1. The Morgan fingerprint density at radius 2 is 1.54 bits per heavy atom. The van der Waals surface area contributed by atoms with E-state index >= 15 is 0 Å². The zero-order valence-corrected chi connectivity index (χ0v) is 13.6. The van der Waals surface area contributed by atoms with Crippen molar-refractivity contribution < 1.29 is 35.7 Å². The number of aliphatic imine (C=N–C) groups is 1. The van der Waals surface area contributed by atoms with E-state index < -0.39 is 34.5 Å². The third-order valence-electron chi connectivity index (χ3n) is 3.49. The Labute approximate surface area is 139 Å². The highest BCUT2D eigenvalue weighted by atomic mass is 16.3. The summed E-state index contributed by atoms with van der Waals surface area (Å²) in [4.78, 5) is 4.04. The number of aliphatic hydroxyl groups excluding tert-OH is 3. The van der Waals surface area contributed by atoms with Crippen LogP contribution in [0.15, 0.2) is 28.2 Å². The monoisotopic (exact) mass is 337 g/mol. The summed E-state index contributed by atoms with van der Waals surface area (Å²) in [5.74, 6) is -4.48. The van der Waals surface area contributed by atoms with Crippen molar-refractivity contribution in [3.63, 3.8) is 0 Å². The fourth-order valence-electron chi connectivity index (χ4n) is 2.17. The number of phenols is 4. The molecule has 0 bridgehead atoms. The third kappa shape index (κ3) is 3.19. The van der Waals surface area contributed by atoms with Crippen LogP contribution in [0.5, 0.6) is 23.0 Å². The highest BCUT2D eigenvalue weighted by molar-refractivity contribution is 6.29. The van der Waals surface area contributed by atoms with Gasteiger partial charge in [0.1, 0.15) is 31.3 Å². The van der Waals surface area contributed by atoms with Crippen LogP contribution >= 0.6 is 0 Å². The van der Waals surface area contributed by atoms with E-state index in [1.807, 2.05) is 0 Å². The Morgan fingerprint density at radius 1 is 1.00 bits per heavy atom. The van der Waals surface area contributed by atoms with Crippen molar-refractivity contribution in [2.24, 2.45) is 4.99 Å². The van der Waals surface area contributed by atoms with E-state index in [2.05, 4.69) is 4.99 Å². The predicted octanol–water partition coefficient (Wildman–Crippen LogP) is 1.24. The smallest absolute Gasteiger partial charge is 0.205 e. The average molecular weight is 337 g/mol. The van der Waals surface area contributed by atoms with Crippen LogP contribution in [0, 0.1) is 0 Å². The maximum Gasteiger partial charge on any atom is 0.205 e. The van der Waals surface area contributed by atoms with Gasteiger partial charge in [-0.25, -0.2) is 0 Å². The summed E-state index contributed by atoms with van der Waals surface area (Å²) in [6, 6.07) is 0. The molecule has 0 aliphatic carbocycles. The quantitative estimate of drug-likeness (QED) is 0.106. The van der Waals surface area contributed by atoms with Crippen LogP contribution in [0.25, 0.3) is 0 Å². The molecule has 9 heteroatoms. The van der Waals surface area contributed by atoms with Gasteiger partial charge in [0.05, 0.1) is 5.56 Å². The first-order valence-corrected chi connectivity index (χ1v) is 7.20. The van der Waals surface area contributed by atoms with Crippen molar-refractivity contribution in [2.75, 3.05) is 6.54 Å². The van der Waals surface area contributed by atoms with E-state index in [9.17, 15) is 30.6 Å². The minimum absolute atomic E-state index is 0.0433. The van der Waals surface area contributed by atoms with Crippen LogP contribution in [0.4, 0.5) is 0 Å². The summed E-state index contributed by atoms with van der Waals surface area (Å²) < 4.78 is 0. The fraction of sp³-hybridized carbons (Fsp3) is 0.267. The topological polar surface area (TPSA) is 154 Å². The molecule has 8 nitrogen and oxygen atoms in total. The Balaban J connectivity index is 3.87. The van der Waals surface area contributed by atoms with Gasteiger partial charge in [0.15, 0.2) is 11.5 Å². The molecule has 0 fully saturated rings. The molecule has 0 radical (unpaired) electrons. The highest BCUT2D eigenvalue weighted by Gasteiger charge is 2.28. The summed E-state index contributed by atoms with van der Waals surface area (Å²) in [5.41, 5.74) is -0.502. The van der Waals surface area contributed by atoms with Gasteiger partial charge >= 0.3 is 0 Å². The first-order valence-electron chi connectivity index (χ1n) is 7.20. The molecule has 24 heavy (non-hydrogen) atoms. The SMILES string of the molecule is BC(/C(O)=C/O)=C(O)/C(=N/CC)c1c(O)c(O)c(O)c(O)c1CC. The molecule has 1 rings (SSSR count). The molecular weight excluding hydrogens is 317 g/mol. The van der Waals surface area contributed by atoms with Gasteiger partial charge in [-0.2, -0.15) is 0 Å². The van der Waals surface area contributed by atoms with E-state index in [1.165, 1.54) is 7.85 Å². The number of nitrogens with zero attached hydrogens (tertiary/aromatic N) is 1. The van der Waals surface area contributed by atoms with Crippen LogP contribution in [0.2, 0.25) is 0 Å². The number of phenolic OH excluding ortho intramolecular Hbond substituents is 4. The third-order valence-corrected chi connectivity index (χ3v) is 3.49. The zero-order chi connectivity index (χ0) is 18.6. The maximum atomic E-state index is 10.4. The molecule has 130 valence electrons. The second-order valence-corrected chi connectivity index (χ2v) is 4.91. The van der Waals surface area contributed by atoms with E-state index in [4.69, 9.17) is 5.11 Å². The molecule has 0 aliphatic heterocycles. The lowest BCUT2D eigenvalue weighted by Crippen LogP contribution is -2.13. The molecular formula is C15H20BNO7. The molecule has 0 aliphatic rings. The minimum atomic E-state index is -0.962. The van der Waals surface area contributed by atoms with Gasteiger partial charge in [-0.3, -0.25) is 4.99 Å². The zero-order valence-electron chi connectivity index (χ0n) is 13.6. The summed E-state index contributed by atoms with van der Waals surface area (Å²) >= 11 is 0. The summed E-state index contributed by atoms with van der Waals surface area (Å²) in [7, 11) is 1.30. The fourth-order valence-corrected chi connectivity index (χ4v) is 2.17. The van der Waals surface area contributed by atoms with Crippen LogP contribution in [-0.4, -0.2) is 55.8 Å². The predicted molar refractivity (Wildman–Crippen MR) is 91.1 cm³/mol. The summed E-state index contributed by atoms with van der Waals surface area (Å²) in [5, 5.41) is 68.4. The molecule has 7 N–H and O–H groups in total. The van der Waals surface area contributed by atoms with Crippen LogP contribution in [-0.2, 0) is 6.42 Å². The lowest BCUT2D eigenvalue weighted by Gasteiger charge is -2.17. The Morgan fingerprint density at radius 3 is 2.00 bits per heavy atom. The van der Waals surface area contributed by atoms with Crippen molar-refractivity contribution >= 4 is 13.6 Å². The summed E-state index contributed by atoms with van der Waals surface area (Å²) in [6.45, 7) is 3.44. The second-order valence-electron chi connectivity index (χ2n) is 4.91. The number of aliphatic hydroxyl groups is 3. The van der Waals surface area contributed by atoms with Gasteiger partial charge in [0.2, 0.25) is 11.5 Å². The normalized spacial score (nSPS) is 13.8. The second kappa shape index (κ2) is 7.54. The van der Waals surface area contributed by atoms with Gasteiger partial charge in [0.25, 0.3) is 0 Å².